The van der Waals surface area contributed by atoms with E-state index < -0.39 is 0 Å². The van der Waals surface area contributed by atoms with E-state index in [1.807, 2.05) is 18.2 Å². The second-order valence-corrected chi connectivity index (χ2v) is 8.56. The fourth-order valence-corrected chi connectivity index (χ4v) is 4.68. The van der Waals surface area contributed by atoms with Crippen molar-refractivity contribution in [1.82, 2.24) is 4.90 Å². The lowest BCUT2D eigenvalue weighted by atomic mass is 10.1. The zero-order chi connectivity index (χ0) is 22.8. The summed E-state index contributed by atoms with van der Waals surface area (Å²) in [4.78, 5) is 29.3. The first-order valence-corrected chi connectivity index (χ1v) is 11.4. The van der Waals surface area contributed by atoms with Gasteiger partial charge < -0.3 is 19.1 Å². The highest BCUT2D eigenvalue weighted by Crippen LogP contribution is 2.40. The van der Waals surface area contributed by atoms with Gasteiger partial charge in [0.15, 0.2) is 11.5 Å². The Balaban J connectivity index is 1.58. The van der Waals surface area contributed by atoms with E-state index in [1.54, 1.807) is 25.3 Å². The zero-order valence-corrected chi connectivity index (χ0v) is 19.6. The summed E-state index contributed by atoms with van der Waals surface area (Å²) in [5.74, 6) is 1.36. The molecule has 32 heavy (non-hydrogen) atoms. The third-order valence-electron chi connectivity index (χ3n) is 5.38. The Morgan fingerprint density at radius 1 is 1.16 bits per heavy atom. The molecule has 2 aromatic rings. The molecule has 0 unspecified atom stereocenters. The highest BCUT2D eigenvalue weighted by Gasteiger charge is 2.36. The maximum atomic E-state index is 13.0. The molecule has 2 aliphatic rings. The van der Waals surface area contributed by atoms with Crippen molar-refractivity contribution in [3.8, 4) is 17.2 Å². The standard InChI is InChI=1S/C23H23ClN2O5S/c1-4-25(5-2)16-7-6-14(18(10-16)29-3)9-21-22(27)26(23(28)32-21)12-15-8-19-20(11-17(15)24)31-13-30-19/h6-11H,4-5,12-13H2,1-3H3/b21-9-. The van der Waals surface area contributed by atoms with Crippen molar-refractivity contribution in [3.63, 3.8) is 0 Å². The van der Waals surface area contributed by atoms with Gasteiger partial charge in [0, 0.05) is 41.5 Å². The third-order valence-corrected chi connectivity index (χ3v) is 6.64. The van der Waals surface area contributed by atoms with Gasteiger partial charge >= 0.3 is 0 Å². The summed E-state index contributed by atoms with van der Waals surface area (Å²) in [6.07, 6.45) is 1.69. The first kappa shape index (κ1) is 22.4. The number of carbonyl (C=O) groups excluding carboxylic acids is 2. The first-order chi connectivity index (χ1) is 15.4. The predicted molar refractivity (Wildman–Crippen MR) is 126 cm³/mol. The van der Waals surface area contributed by atoms with Crippen LogP contribution in [0, 0.1) is 0 Å². The fraction of sp³-hybridized carbons (Fsp3) is 0.304. The molecule has 9 heteroatoms. The Hall–Kier alpha value is -2.84. The van der Waals surface area contributed by atoms with Gasteiger partial charge in [-0.05, 0) is 55.4 Å². The quantitative estimate of drug-likeness (QED) is 0.513. The number of methoxy groups -OCH3 is 1. The molecule has 0 radical (unpaired) electrons. The van der Waals surface area contributed by atoms with Crippen LogP contribution in [-0.4, -0.2) is 43.0 Å². The smallest absolute Gasteiger partial charge is 0.293 e. The van der Waals surface area contributed by atoms with E-state index in [1.165, 1.54) is 4.90 Å². The van der Waals surface area contributed by atoms with E-state index in [0.29, 0.717) is 32.7 Å². The average Bonchev–Trinajstić information content (AvgIpc) is 3.34. The summed E-state index contributed by atoms with van der Waals surface area (Å²) in [5, 5.41) is 0.0552. The monoisotopic (exact) mass is 474 g/mol. The molecule has 4 rings (SSSR count). The molecule has 2 aliphatic heterocycles. The van der Waals surface area contributed by atoms with Crippen LogP contribution in [0.3, 0.4) is 0 Å². The number of fused-ring (bicyclic) bond motifs is 1. The molecule has 0 atom stereocenters. The van der Waals surface area contributed by atoms with E-state index in [9.17, 15) is 9.59 Å². The number of halogens is 1. The minimum atomic E-state index is -0.372. The van der Waals surface area contributed by atoms with Crippen LogP contribution in [-0.2, 0) is 11.3 Å². The van der Waals surface area contributed by atoms with Gasteiger partial charge in [-0.25, -0.2) is 0 Å². The summed E-state index contributed by atoms with van der Waals surface area (Å²) >= 11 is 7.22. The van der Waals surface area contributed by atoms with Crippen LogP contribution >= 0.6 is 23.4 Å². The van der Waals surface area contributed by atoms with Gasteiger partial charge in [0.05, 0.1) is 18.6 Å². The van der Waals surface area contributed by atoms with Crippen LogP contribution in [0.2, 0.25) is 5.02 Å². The molecule has 168 valence electrons. The van der Waals surface area contributed by atoms with Crippen LogP contribution in [0.15, 0.2) is 35.2 Å². The highest BCUT2D eigenvalue weighted by atomic mass is 35.5. The number of benzene rings is 2. The number of hydrogen-bond donors (Lipinski definition) is 0. The molecule has 2 heterocycles. The van der Waals surface area contributed by atoms with Gasteiger partial charge in [-0.2, -0.15) is 0 Å². The van der Waals surface area contributed by atoms with E-state index >= 15 is 0 Å². The maximum Gasteiger partial charge on any atom is 0.293 e. The number of carbonyl (C=O) groups is 2. The molecular weight excluding hydrogens is 452 g/mol. The minimum Gasteiger partial charge on any atom is -0.496 e. The number of anilines is 1. The van der Waals surface area contributed by atoms with Crippen molar-refractivity contribution < 1.29 is 23.8 Å². The van der Waals surface area contributed by atoms with Crippen molar-refractivity contribution in [2.75, 3.05) is 31.9 Å². The Morgan fingerprint density at radius 3 is 2.56 bits per heavy atom. The molecule has 0 aliphatic carbocycles. The molecule has 0 spiro atoms. The van der Waals surface area contributed by atoms with Gasteiger partial charge in [-0.3, -0.25) is 14.5 Å². The molecule has 1 fully saturated rings. The fourth-order valence-electron chi connectivity index (χ4n) is 3.63. The summed E-state index contributed by atoms with van der Waals surface area (Å²) in [6.45, 7) is 6.10. The number of ether oxygens (including phenoxy) is 3. The van der Waals surface area contributed by atoms with Crippen molar-refractivity contribution in [2.24, 2.45) is 0 Å². The summed E-state index contributed by atoms with van der Waals surface area (Å²) in [7, 11) is 1.59. The lowest BCUT2D eigenvalue weighted by molar-refractivity contribution is -0.123. The summed E-state index contributed by atoms with van der Waals surface area (Å²) in [6, 6.07) is 9.16. The van der Waals surface area contributed by atoms with Gasteiger partial charge in [-0.15, -0.1) is 0 Å². The molecule has 0 N–H and O–H groups in total. The Bertz CT molecular complexity index is 1100. The van der Waals surface area contributed by atoms with Crippen LogP contribution in [0.1, 0.15) is 25.0 Å². The normalized spacial score (nSPS) is 16.2. The number of thioether (sulfide) groups is 1. The number of rotatable bonds is 7. The molecule has 2 amide bonds. The second-order valence-electron chi connectivity index (χ2n) is 7.16. The van der Waals surface area contributed by atoms with E-state index in [4.69, 9.17) is 25.8 Å². The van der Waals surface area contributed by atoms with Crippen molar-refractivity contribution in [3.05, 3.63) is 51.4 Å². The summed E-state index contributed by atoms with van der Waals surface area (Å²) in [5.41, 5.74) is 2.38. The van der Waals surface area contributed by atoms with Crippen molar-refractivity contribution in [2.45, 2.75) is 20.4 Å². The van der Waals surface area contributed by atoms with Gasteiger partial charge in [0.1, 0.15) is 5.75 Å². The van der Waals surface area contributed by atoms with E-state index in [0.717, 1.165) is 36.1 Å². The lowest BCUT2D eigenvalue weighted by Crippen LogP contribution is -2.27. The summed E-state index contributed by atoms with van der Waals surface area (Å²) < 4.78 is 16.2. The highest BCUT2D eigenvalue weighted by molar-refractivity contribution is 8.18. The number of amides is 2. The second kappa shape index (κ2) is 9.34. The third kappa shape index (κ3) is 4.25. The van der Waals surface area contributed by atoms with E-state index in [-0.39, 0.29) is 24.5 Å². The number of hydrogen-bond acceptors (Lipinski definition) is 7. The van der Waals surface area contributed by atoms with Gasteiger partial charge in [0.2, 0.25) is 6.79 Å². The van der Waals surface area contributed by atoms with Gasteiger partial charge in [-0.1, -0.05) is 11.6 Å². The Labute approximate surface area is 195 Å². The topological polar surface area (TPSA) is 68.3 Å². The predicted octanol–water partition coefficient (Wildman–Crippen LogP) is 5.16. The molecule has 0 saturated carbocycles. The van der Waals surface area contributed by atoms with Crippen LogP contribution < -0.4 is 19.1 Å². The molecule has 1 saturated heterocycles. The molecule has 7 nitrogen and oxygen atoms in total. The van der Waals surface area contributed by atoms with Crippen LogP contribution in [0.4, 0.5) is 10.5 Å². The molecule has 0 bridgehead atoms. The molecule has 2 aromatic carbocycles. The Kier molecular flexibility index (Phi) is 6.53. The Morgan fingerprint density at radius 2 is 1.88 bits per heavy atom. The first-order valence-electron chi connectivity index (χ1n) is 10.2. The van der Waals surface area contributed by atoms with Crippen molar-refractivity contribution in [1.29, 1.82) is 0 Å². The van der Waals surface area contributed by atoms with Gasteiger partial charge in [0.25, 0.3) is 11.1 Å². The molecular formula is C23H23ClN2O5S. The number of nitrogens with zero attached hydrogens (tertiary/aromatic N) is 2. The van der Waals surface area contributed by atoms with E-state index in [2.05, 4.69) is 18.7 Å². The zero-order valence-electron chi connectivity index (χ0n) is 18.0. The minimum absolute atomic E-state index is 0.0511. The van der Waals surface area contributed by atoms with Crippen molar-refractivity contribution >= 4 is 46.3 Å². The average molecular weight is 475 g/mol. The lowest BCUT2D eigenvalue weighted by Gasteiger charge is -2.22. The largest absolute Gasteiger partial charge is 0.496 e. The maximum absolute atomic E-state index is 13.0. The number of imide groups is 1. The van der Waals surface area contributed by atoms with Crippen LogP contribution in [0.25, 0.3) is 6.08 Å². The SMILES string of the molecule is CCN(CC)c1ccc(/C=C2\SC(=O)N(Cc3cc4c(cc3Cl)OCO4)C2=O)c(OC)c1. The van der Waals surface area contributed by atoms with Crippen LogP contribution in [0.5, 0.6) is 17.2 Å². The molecule has 0 aromatic heterocycles.